The first-order chi connectivity index (χ1) is 4.91. The van der Waals surface area contributed by atoms with Crippen LogP contribution in [0.25, 0.3) is 0 Å². The monoisotopic (exact) mass is 199 g/mol. The van der Waals surface area contributed by atoms with E-state index < -0.39 is 5.24 Å². The van der Waals surface area contributed by atoms with Crippen molar-refractivity contribution in [3.63, 3.8) is 0 Å². The number of nitrogens with two attached hydrogens (primary N) is 1. The van der Waals surface area contributed by atoms with E-state index in [0.29, 0.717) is 0 Å². The first-order valence-electron chi connectivity index (χ1n) is 2.95. The second kappa shape index (κ2) is 7.82. The summed E-state index contributed by atoms with van der Waals surface area (Å²) >= 11 is 9.55. The van der Waals surface area contributed by atoms with Crippen molar-refractivity contribution in [2.75, 3.05) is 5.88 Å². The van der Waals surface area contributed by atoms with Crippen molar-refractivity contribution in [2.24, 2.45) is 11.7 Å². The Kier molecular flexibility index (Phi) is 9.47. The molecule has 0 radical (unpaired) electrons. The smallest absolute Gasteiger partial charge is 0.236 e. The van der Waals surface area contributed by atoms with Crippen LogP contribution >= 0.6 is 23.2 Å². The summed E-state index contributed by atoms with van der Waals surface area (Å²) in [7, 11) is 0. The molecule has 0 bridgehead atoms. The minimum absolute atomic E-state index is 0.00926. The zero-order chi connectivity index (χ0) is 9.44. The summed E-state index contributed by atoms with van der Waals surface area (Å²) in [4.78, 5) is 19.4. The molecule has 11 heavy (non-hydrogen) atoms. The largest absolute Gasteiger partial charge is 0.369 e. The lowest BCUT2D eigenvalue weighted by atomic mass is 10.2. The van der Waals surface area contributed by atoms with Crippen LogP contribution in [0.5, 0.6) is 0 Å². The Balaban J connectivity index is 0. The van der Waals surface area contributed by atoms with Gasteiger partial charge in [-0.15, -0.1) is 11.6 Å². The summed E-state index contributed by atoms with van der Waals surface area (Å²) in [6.45, 7) is 3.53. The Bertz CT molecular complexity index is 137. The lowest BCUT2D eigenvalue weighted by Gasteiger charge is -1.90. The molecule has 66 valence electrons. The Morgan fingerprint density at radius 1 is 1.45 bits per heavy atom. The number of carbonyl (C=O) groups is 2. The lowest BCUT2D eigenvalue weighted by Crippen LogP contribution is -2.17. The van der Waals surface area contributed by atoms with Gasteiger partial charge in [0, 0.05) is 5.92 Å². The van der Waals surface area contributed by atoms with E-state index in [9.17, 15) is 9.59 Å². The van der Waals surface area contributed by atoms with Gasteiger partial charge in [0.15, 0.2) is 0 Å². The second-order valence-electron chi connectivity index (χ2n) is 2.05. The Labute approximate surface area is 75.8 Å². The van der Waals surface area contributed by atoms with E-state index in [1.807, 2.05) is 0 Å². The summed E-state index contributed by atoms with van der Waals surface area (Å²) in [5.74, 6) is -0.346. The van der Waals surface area contributed by atoms with Gasteiger partial charge in [-0.05, 0) is 11.6 Å². The van der Waals surface area contributed by atoms with Crippen LogP contribution in [0.15, 0.2) is 0 Å². The highest BCUT2D eigenvalue weighted by atomic mass is 35.5. The molecule has 3 nitrogen and oxygen atoms in total. The number of rotatable bonds is 2. The highest BCUT2D eigenvalue weighted by molar-refractivity contribution is 6.67. The van der Waals surface area contributed by atoms with Gasteiger partial charge in [0.05, 0.1) is 5.88 Å². The zero-order valence-corrected chi connectivity index (χ0v) is 7.95. The van der Waals surface area contributed by atoms with Crippen LogP contribution in [0.1, 0.15) is 13.8 Å². The molecular formula is C6H11Cl2NO2. The summed E-state index contributed by atoms with van der Waals surface area (Å²) < 4.78 is 0. The zero-order valence-electron chi connectivity index (χ0n) is 6.43. The quantitative estimate of drug-likeness (QED) is 0.536. The fraction of sp³-hybridized carbons (Fsp3) is 0.667. The maximum Gasteiger partial charge on any atom is 0.236 e. The molecule has 0 aromatic rings. The predicted octanol–water partition coefficient (Wildman–Crippen LogP) is 1.12. The summed E-state index contributed by atoms with van der Waals surface area (Å²) in [5.41, 5.74) is 4.80. The van der Waals surface area contributed by atoms with Gasteiger partial charge in [-0.25, -0.2) is 0 Å². The lowest BCUT2D eigenvalue weighted by molar-refractivity contribution is -0.120. The fourth-order valence-electron chi connectivity index (χ4n) is 0. The summed E-state index contributed by atoms with van der Waals surface area (Å²) in [6.07, 6.45) is 0. The molecule has 5 heteroatoms. The number of carbonyl (C=O) groups excluding carboxylic acids is 2. The number of hydrogen-bond donors (Lipinski definition) is 1. The van der Waals surface area contributed by atoms with E-state index in [-0.39, 0.29) is 17.7 Å². The van der Waals surface area contributed by atoms with Crippen molar-refractivity contribution >= 4 is 34.4 Å². The first kappa shape index (κ1) is 13.3. The van der Waals surface area contributed by atoms with Gasteiger partial charge in [-0.3, -0.25) is 9.59 Å². The number of hydrogen-bond acceptors (Lipinski definition) is 2. The van der Waals surface area contributed by atoms with Crippen LogP contribution in [0.3, 0.4) is 0 Å². The number of alkyl halides is 1. The predicted molar refractivity (Wildman–Crippen MR) is 45.6 cm³/mol. The highest BCUT2D eigenvalue weighted by Gasteiger charge is 1.96. The molecule has 0 atom stereocenters. The van der Waals surface area contributed by atoms with Crippen molar-refractivity contribution in [3.8, 4) is 0 Å². The number of primary amides is 1. The highest BCUT2D eigenvalue weighted by Crippen LogP contribution is 1.84. The van der Waals surface area contributed by atoms with E-state index in [0.717, 1.165) is 0 Å². The number of halogens is 2. The molecule has 0 aromatic carbocycles. The van der Waals surface area contributed by atoms with Crippen molar-refractivity contribution in [2.45, 2.75) is 13.8 Å². The van der Waals surface area contributed by atoms with Gasteiger partial charge in [-0.1, -0.05) is 13.8 Å². The minimum atomic E-state index is -0.508. The van der Waals surface area contributed by atoms with Gasteiger partial charge in [0.1, 0.15) is 0 Å². The maximum atomic E-state index is 9.92. The molecule has 0 saturated carbocycles. The van der Waals surface area contributed by atoms with Gasteiger partial charge in [0.25, 0.3) is 0 Å². The average Bonchev–Trinajstić information content (AvgIpc) is 1.89. The topological polar surface area (TPSA) is 60.2 Å². The molecule has 0 aliphatic carbocycles. The SMILES string of the molecule is CC(C)C(N)=O.O=C(Cl)CCl. The molecule has 0 rings (SSSR count). The fourth-order valence-corrected chi connectivity index (χ4v) is 0. The molecule has 0 saturated heterocycles. The second-order valence-corrected chi connectivity index (χ2v) is 2.73. The minimum Gasteiger partial charge on any atom is -0.369 e. The van der Waals surface area contributed by atoms with Crippen LogP contribution in [-0.4, -0.2) is 17.0 Å². The molecule has 0 fully saturated rings. The average molecular weight is 200 g/mol. The van der Waals surface area contributed by atoms with E-state index in [1.54, 1.807) is 13.8 Å². The third-order valence-corrected chi connectivity index (χ3v) is 1.19. The van der Waals surface area contributed by atoms with E-state index in [2.05, 4.69) is 0 Å². The Hall–Kier alpha value is -0.280. The molecular weight excluding hydrogens is 189 g/mol. The van der Waals surface area contributed by atoms with Gasteiger partial charge >= 0.3 is 0 Å². The summed E-state index contributed by atoms with van der Waals surface area (Å²) in [6, 6.07) is 0. The summed E-state index contributed by atoms with van der Waals surface area (Å²) in [5, 5.41) is -0.508. The third-order valence-electron chi connectivity index (χ3n) is 0.674. The van der Waals surface area contributed by atoms with Crippen LogP contribution in [0.2, 0.25) is 0 Å². The van der Waals surface area contributed by atoms with Gasteiger partial charge in [-0.2, -0.15) is 0 Å². The molecule has 0 aliphatic rings. The Morgan fingerprint density at radius 3 is 1.64 bits per heavy atom. The molecule has 0 unspecified atom stereocenters. The molecule has 0 heterocycles. The van der Waals surface area contributed by atoms with Crippen LogP contribution in [0.4, 0.5) is 0 Å². The molecule has 0 aromatic heterocycles. The van der Waals surface area contributed by atoms with Gasteiger partial charge < -0.3 is 5.73 Å². The third kappa shape index (κ3) is 17.7. The van der Waals surface area contributed by atoms with Crippen molar-refractivity contribution in [1.82, 2.24) is 0 Å². The van der Waals surface area contributed by atoms with Crippen molar-refractivity contribution < 1.29 is 9.59 Å². The van der Waals surface area contributed by atoms with E-state index in [1.165, 1.54) is 0 Å². The molecule has 2 N–H and O–H groups in total. The van der Waals surface area contributed by atoms with Crippen LogP contribution in [-0.2, 0) is 9.59 Å². The standard InChI is InChI=1S/C4H9NO.C2H2Cl2O/c1-3(2)4(5)6;3-1-2(4)5/h3H,1-2H3,(H2,5,6);1H2. The van der Waals surface area contributed by atoms with Crippen molar-refractivity contribution in [1.29, 1.82) is 0 Å². The normalized spacial score (nSPS) is 8.45. The van der Waals surface area contributed by atoms with Crippen LogP contribution < -0.4 is 5.73 Å². The van der Waals surface area contributed by atoms with Crippen LogP contribution in [0, 0.1) is 5.92 Å². The first-order valence-corrected chi connectivity index (χ1v) is 3.86. The van der Waals surface area contributed by atoms with E-state index >= 15 is 0 Å². The molecule has 0 spiro atoms. The van der Waals surface area contributed by atoms with Gasteiger partial charge in [0.2, 0.25) is 11.1 Å². The van der Waals surface area contributed by atoms with Crippen molar-refractivity contribution in [3.05, 3.63) is 0 Å². The molecule has 1 amide bonds. The molecule has 0 aliphatic heterocycles. The maximum absolute atomic E-state index is 9.92. The number of amides is 1. The van der Waals surface area contributed by atoms with E-state index in [4.69, 9.17) is 28.9 Å². The Morgan fingerprint density at radius 2 is 1.64 bits per heavy atom.